The van der Waals surface area contributed by atoms with E-state index in [9.17, 15) is 9.59 Å². The van der Waals surface area contributed by atoms with Gasteiger partial charge in [0.05, 0.1) is 0 Å². The normalized spacial score (nSPS) is 17.7. The average molecular weight is 366 g/mol. The minimum atomic E-state index is -0.640. The van der Waals surface area contributed by atoms with Crippen LogP contribution in [0.1, 0.15) is 28.8 Å². The Morgan fingerprint density at radius 1 is 1.19 bits per heavy atom. The lowest BCUT2D eigenvalue weighted by molar-refractivity contribution is -0.123. The fraction of sp³-hybridized carbons (Fsp3) is 0.381. The number of pyridine rings is 1. The molecule has 2 unspecified atom stereocenters. The van der Waals surface area contributed by atoms with Gasteiger partial charge < -0.3 is 16.0 Å². The van der Waals surface area contributed by atoms with Crippen molar-refractivity contribution in [3.05, 3.63) is 66.0 Å². The molecule has 0 bridgehead atoms. The summed E-state index contributed by atoms with van der Waals surface area (Å²) in [6, 6.07) is 12.0. The highest BCUT2D eigenvalue weighted by Crippen LogP contribution is 2.09. The van der Waals surface area contributed by atoms with Crippen molar-refractivity contribution in [1.82, 2.24) is 20.9 Å². The van der Waals surface area contributed by atoms with Gasteiger partial charge in [0.1, 0.15) is 6.04 Å². The summed E-state index contributed by atoms with van der Waals surface area (Å²) in [4.78, 5) is 29.4. The van der Waals surface area contributed by atoms with E-state index in [2.05, 4.69) is 20.9 Å². The number of piperidine rings is 1. The van der Waals surface area contributed by atoms with Gasteiger partial charge in [-0.05, 0) is 55.6 Å². The highest BCUT2D eigenvalue weighted by Gasteiger charge is 2.23. The largest absolute Gasteiger partial charge is 0.354 e. The fourth-order valence-corrected chi connectivity index (χ4v) is 3.26. The van der Waals surface area contributed by atoms with E-state index >= 15 is 0 Å². The molecule has 2 aromatic rings. The molecule has 6 heteroatoms. The molecule has 1 fully saturated rings. The molecule has 6 nitrogen and oxygen atoms in total. The summed E-state index contributed by atoms with van der Waals surface area (Å²) in [5.74, 6) is 0.0271. The Kier molecular flexibility index (Phi) is 6.93. The van der Waals surface area contributed by atoms with Crippen LogP contribution in [0.15, 0.2) is 54.9 Å². The monoisotopic (exact) mass is 366 g/mol. The topological polar surface area (TPSA) is 83.1 Å². The summed E-state index contributed by atoms with van der Waals surface area (Å²) in [5, 5.41) is 9.24. The third-order valence-electron chi connectivity index (χ3n) is 4.78. The molecular weight excluding hydrogens is 340 g/mol. The Balaban J connectivity index is 1.64. The zero-order chi connectivity index (χ0) is 18.9. The summed E-state index contributed by atoms with van der Waals surface area (Å²) in [7, 11) is 0. The van der Waals surface area contributed by atoms with Crippen molar-refractivity contribution >= 4 is 11.8 Å². The Morgan fingerprint density at radius 2 is 2.04 bits per heavy atom. The molecule has 0 saturated carbocycles. The van der Waals surface area contributed by atoms with E-state index in [1.54, 1.807) is 36.7 Å². The molecule has 27 heavy (non-hydrogen) atoms. The Morgan fingerprint density at radius 3 is 2.74 bits per heavy atom. The number of aromatic nitrogens is 1. The average Bonchev–Trinajstić information content (AvgIpc) is 2.73. The number of nitrogens with one attached hydrogen (secondary N) is 3. The van der Waals surface area contributed by atoms with E-state index < -0.39 is 6.04 Å². The summed E-state index contributed by atoms with van der Waals surface area (Å²) >= 11 is 0. The van der Waals surface area contributed by atoms with Crippen LogP contribution in [-0.4, -0.2) is 42.5 Å². The number of nitrogens with zero attached hydrogens (tertiary/aromatic N) is 1. The van der Waals surface area contributed by atoms with E-state index in [4.69, 9.17) is 0 Å². The second-order valence-corrected chi connectivity index (χ2v) is 6.92. The van der Waals surface area contributed by atoms with E-state index in [1.807, 2.05) is 18.2 Å². The molecule has 1 saturated heterocycles. The zero-order valence-electron chi connectivity index (χ0n) is 15.4. The first-order valence-corrected chi connectivity index (χ1v) is 9.45. The van der Waals surface area contributed by atoms with Crippen LogP contribution in [0.4, 0.5) is 0 Å². The predicted molar refractivity (Wildman–Crippen MR) is 104 cm³/mol. The molecule has 1 aliphatic rings. The molecule has 3 rings (SSSR count). The highest BCUT2D eigenvalue weighted by atomic mass is 16.2. The van der Waals surface area contributed by atoms with E-state index in [0.717, 1.165) is 31.5 Å². The zero-order valence-corrected chi connectivity index (χ0v) is 15.4. The number of hydrogen-bond acceptors (Lipinski definition) is 4. The Labute approximate surface area is 159 Å². The van der Waals surface area contributed by atoms with Crippen molar-refractivity contribution in [2.24, 2.45) is 5.92 Å². The van der Waals surface area contributed by atoms with Gasteiger partial charge in [0.2, 0.25) is 5.91 Å². The first kappa shape index (κ1) is 19.0. The SMILES string of the molecule is O=C(NC(Cc1cccnc1)C(=O)NCC1CCCNC1)c1ccccc1. The molecule has 0 spiro atoms. The Hall–Kier alpha value is -2.73. The molecule has 0 aliphatic carbocycles. The number of hydrogen-bond donors (Lipinski definition) is 3. The van der Waals surface area contributed by atoms with Crippen molar-refractivity contribution in [2.75, 3.05) is 19.6 Å². The van der Waals surface area contributed by atoms with Gasteiger partial charge in [-0.2, -0.15) is 0 Å². The van der Waals surface area contributed by atoms with Gasteiger partial charge in [-0.1, -0.05) is 24.3 Å². The third kappa shape index (κ3) is 5.89. The lowest BCUT2D eigenvalue weighted by Crippen LogP contribution is -2.49. The molecule has 1 aromatic heterocycles. The lowest BCUT2D eigenvalue weighted by atomic mass is 9.99. The number of carbonyl (C=O) groups excluding carboxylic acids is 2. The maximum absolute atomic E-state index is 12.8. The number of benzene rings is 1. The molecule has 2 atom stereocenters. The van der Waals surface area contributed by atoms with Gasteiger partial charge in [-0.3, -0.25) is 14.6 Å². The highest BCUT2D eigenvalue weighted by molar-refractivity contribution is 5.97. The summed E-state index contributed by atoms with van der Waals surface area (Å²) in [6.45, 7) is 2.59. The van der Waals surface area contributed by atoms with Gasteiger partial charge in [-0.15, -0.1) is 0 Å². The minimum absolute atomic E-state index is 0.159. The minimum Gasteiger partial charge on any atom is -0.354 e. The molecule has 2 amide bonds. The van der Waals surface area contributed by atoms with Gasteiger partial charge in [-0.25, -0.2) is 0 Å². The van der Waals surface area contributed by atoms with Crippen LogP contribution in [0.2, 0.25) is 0 Å². The maximum atomic E-state index is 12.8. The van der Waals surface area contributed by atoms with E-state index in [1.165, 1.54) is 0 Å². The lowest BCUT2D eigenvalue weighted by Gasteiger charge is -2.24. The first-order valence-electron chi connectivity index (χ1n) is 9.45. The van der Waals surface area contributed by atoms with Crippen molar-refractivity contribution in [3.8, 4) is 0 Å². The smallest absolute Gasteiger partial charge is 0.251 e. The fourth-order valence-electron chi connectivity index (χ4n) is 3.26. The van der Waals surface area contributed by atoms with Crippen LogP contribution in [0.25, 0.3) is 0 Å². The first-order chi connectivity index (χ1) is 13.2. The van der Waals surface area contributed by atoms with Crippen molar-refractivity contribution in [1.29, 1.82) is 0 Å². The van der Waals surface area contributed by atoms with E-state index in [-0.39, 0.29) is 11.8 Å². The molecule has 142 valence electrons. The van der Waals surface area contributed by atoms with Crippen LogP contribution in [0, 0.1) is 5.92 Å². The number of rotatable bonds is 7. The third-order valence-corrected chi connectivity index (χ3v) is 4.78. The van der Waals surface area contributed by atoms with Gasteiger partial charge in [0.15, 0.2) is 0 Å². The summed E-state index contributed by atoms with van der Waals surface area (Å²) < 4.78 is 0. The molecule has 1 aromatic carbocycles. The van der Waals surface area contributed by atoms with Crippen LogP contribution in [0.3, 0.4) is 0 Å². The van der Waals surface area contributed by atoms with Crippen LogP contribution in [-0.2, 0) is 11.2 Å². The molecule has 2 heterocycles. The van der Waals surface area contributed by atoms with Crippen molar-refractivity contribution in [3.63, 3.8) is 0 Å². The molecular formula is C21H26N4O2. The standard InChI is InChI=1S/C21H26N4O2/c26-20(18-8-2-1-3-9-18)25-19(12-16-6-4-10-22-13-16)21(27)24-15-17-7-5-11-23-14-17/h1-4,6,8-10,13,17,19,23H,5,7,11-12,14-15H2,(H,24,27)(H,25,26). The molecule has 0 radical (unpaired) electrons. The number of carbonyl (C=O) groups is 2. The second kappa shape index (κ2) is 9.83. The summed E-state index contributed by atoms with van der Waals surface area (Å²) in [5.41, 5.74) is 1.45. The van der Waals surface area contributed by atoms with Crippen molar-refractivity contribution < 1.29 is 9.59 Å². The van der Waals surface area contributed by atoms with Crippen LogP contribution in [0.5, 0.6) is 0 Å². The van der Waals surface area contributed by atoms with Crippen LogP contribution < -0.4 is 16.0 Å². The quantitative estimate of drug-likeness (QED) is 0.694. The number of amides is 2. The van der Waals surface area contributed by atoms with Gasteiger partial charge >= 0.3 is 0 Å². The van der Waals surface area contributed by atoms with Gasteiger partial charge in [0, 0.05) is 30.9 Å². The second-order valence-electron chi connectivity index (χ2n) is 6.92. The Bertz CT molecular complexity index is 730. The molecule has 1 aliphatic heterocycles. The predicted octanol–water partition coefficient (Wildman–Crippen LogP) is 1.54. The van der Waals surface area contributed by atoms with Crippen molar-refractivity contribution in [2.45, 2.75) is 25.3 Å². The van der Waals surface area contributed by atoms with Crippen LogP contribution >= 0.6 is 0 Å². The van der Waals surface area contributed by atoms with Gasteiger partial charge in [0.25, 0.3) is 5.91 Å². The molecule has 3 N–H and O–H groups in total. The summed E-state index contributed by atoms with van der Waals surface area (Å²) in [6.07, 6.45) is 6.06. The van der Waals surface area contributed by atoms with E-state index in [0.29, 0.717) is 24.4 Å². The maximum Gasteiger partial charge on any atom is 0.251 e.